The number of aromatic nitrogens is 2. The summed E-state index contributed by atoms with van der Waals surface area (Å²) in [5.41, 5.74) is 3.85. The molecule has 0 bridgehead atoms. The molecular weight excluding hydrogens is 293 g/mol. The summed E-state index contributed by atoms with van der Waals surface area (Å²) in [6.07, 6.45) is 0. The second-order valence-corrected chi connectivity index (χ2v) is 5.36. The van der Waals surface area contributed by atoms with Crippen LogP contribution in [0.15, 0.2) is 18.2 Å². The topological polar surface area (TPSA) is 75.9 Å². The SMILES string of the molecule is Cc1c(NN)nc(C(C)C)nc1Nc1ccc(Cl)c(F)c1. The first kappa shape index (κ1) is 15.5. The smallest absolute Gasteiger partial charge is 0.148 e. The van der Waals surface area contributed by atoms with Gasteiger partial charge in [0.1, 0.15) is 23.3 Å². The standard InChI is InChI=1S/C14H17ClFN5/c1-7(2)12-19-13(8(3)14(20-12)21-17)18-9-4-5-10(15)11(16)6-9/h4-7H,17H2,1-3H3,(H2,18,19,20,21). The van der Waals surface area contributed by atoms with E-state index in [-0.39, 0.29) is 10.9 Å². The van der Waals surface area contributed by atoms with Crippen molar-refractivity contribution in [1.82, 2.24) is 9.97 Å². The molecule has 21 heavy (non-hydrogen) atoms. The van der Waals surface area contributed by atoms with Gasteiger partial charge in [0.05, 0.1) is 5.02 Å². The summed E-state index contributed by atoms with van der Waals surface area (Å²) in [5.74, 6) is 6.88. The van der Waals surface area contributed by atoms with Crippen molar-refractivity contribution >= 4 is 28.9 Å². The van der Waals surface area contributed by atoms with E-state index in [1.54, 1.807) is 6.07 Å². The van der Waals surface area contributed by atoms with E-state index in [2.05, 4.69) is 20.7 Å². The summed E-state index contributed by atoms with van der Waals surface area (Å²) in [6.45, 7) is 5.79. The highest BCUT2D eigenvalue weighted by Gasteiger charge is 2.13. The highest BCUT2D eigenvalue weighted by atomic mass is 35.5. The molecule has 4 N–H and O–H groups in total. The van der Waals surface area contributed by atoms with Crippen molar-refractivity contribution in [1.29, 1.82) is 0 Å². The van der Waals surface area contributed by atoms with E-state index in [0.717, 1.165) is 5.56 Å². The molecule has 1 aromatic heterocycles. The second-order valence-electron chi connectivity index (χ2n) is 4.96. The number of nitrogens with zero attached hydrogens (tertiary/aromatic N) is 2. The van der Waals surface area contributed by atoms with Gasteiger partial charge in [-0.1, -0.05) is 25.4 Å². The molecule has 0 aliphatic carbocycles. The van der Waals surface area contributed by atoms with E-state index in [9.17, 15) is 4.39 Å². The quantitative estimate of drug-likeness (QED) is 0.592. The lowest BCUT2D eigenvalue weighted by molar-refractivity contribution is 0.629. The molecule has 5 nitrogen and oxygen atoms in total. The summed E-state index contributed by atoms with van der Waals surface area (Å²) in [6, 6.07) is 4.48. The van der Waals surface area contributed by atoms with E-state index in [1.807, 2.05) is 20.8 Å². The minimum absolute atomic E-state index is 0.0761. The van der Waals surface area contributed by atoms with Crippen LogP contribution in [0.5, 0.6) is 0 Å². The molecule has 0 fully saturated rings. The Labute approximate surface area is 127 Å². The number of hydrogen-bond acceptors (Lipinski definition) is 5. The molecule has 1 aromatic carbocycles. The van der Waals surface area contributed by atoms with Crippen LogP contribution >= 0.6 is 11.6 Å². The van der Waals surface area contributed by atoms with E-state index < -0.39 is 5.82 Å². The van der Waals surface area contributed by atoms with Gasteiger partial charge in [0.25, 0.3) is 0 Å². The zero-order valence-electron chi connectivity index (χ0n) is 12.0. The third kappa shape index (κ3) is 3.40. The lowest BCUT2D eigenvalue weighted by atomic mass is 10.2. The number of nitrogen functional groups attached to an aromatic ring is 1. The van der Waals surface area contributed by atoms with Gasteiger partial charge in [0, 0.05) is 17.2 Å². The third-order valence-corrected chi connectivity index (χ3v) is 3.31. The number of anilines is 3. The average molecular weight is 310 g/mol. The minimum Gasteiger partial charge on any atom is -0.340 e. The van der Waals surface area contributed by atoms with Gasteiger partial charge >= 0.3 is 0 Å². The molecule has 7 heteroatoms. The number of benzene rings is 1. The molecule has 0 radical (unpaired) electrons. The van der Waals surface area contributed by atoms with Crippen molar-refractivity contribution in [3.63, 3.8) is 0 Å². The van der Waals surface area contributed by atoms with Crippen LogP contribution in [0.2, 0.25) is 5.02 Å². The van der Waals surface area contributed by atoms with Gasteiger partial charge in [-0.05, 0) is 25.1 Å². The maximum Gasteiger partial charge on any atom is 0.148 e. The lowest BCUT2D eigenvalue weighted by Crippen LogP contribution is -2.14. The highest BCUT2D eigenvalue weighted by molar-refractivity contribution is 6.30. The van der Waals surface area contributed by atoms with Gasteiger partial charge in [-0.15, -0.1) is 0 Å². The van der Waals surface area contributed by atoms with E-state index in [0.29, 0.717) is 23.1 Å². The third-order valence-electron chi connectivity index (χ3n) is 3.00. The van der Waals surface area contributed by atoms with Gasteiger partial charge in [0.2, 0.25) is 0 Å². The molecule has 2 rings (SSSR count). The summed E-state index contributed by atoms with van der Waals surface area (Å²) in [7, 11) is 0. The molecule has 0 atom stereocenters. The zero-order valence-corrected chi connectivity index (χ0v) is 12.8. The van der Waals surface area contributed by atoms with Crippen molar-refractivity contribution < 1.29 is 4.39 Å². The van der Waals surface area contributed by atoms with Crippen LogP contribution in [0.25, 0.3) is 0 Å². The predicted molar refractivity (Wildman–Crippen MR) is 83.4 cm³/mol. The molecule has 2 aromatic rings. The Morgan fingerprint density at radius 1 is 1.24 bits per heavy atom. The number of hydrogen-bond donors (Lipinski definition) is 3. The van der Waals surface area contributed by atoms with Crippen molar-refractivity contribution in [2.45, 2.75) is 26.7 Å². The van der Waals surface area contributed by atoms with Crippen molar-refractivity contribution in [2.75, 3.05) is 10.7 Å². The number of rotatable bonds is 4. The fourth-order valence-electron chi connectivity index (χ4n) is 1.76. The fourth-order valence-corrected chi connectivity index (χ4v) is 1.88. The first-order valence-corrected chi connectivity index (χ1v) is 6.87. The number of nitrogens with two attached hydrogens (primary N) is 1. The maximum atomic E-state index is 13.5. The van der Waals surface area contributed by atoms with Crippen LogP contribution in [-0.2, 0) is 0 Å². The summed E-state index contributed by atoms with van der Waals surface area (Å²) >= 11 is 5.67. The normalized spacial score (nSPS) is 10.8. The summed E-state index contributed by atoms with van der Waals surface area (Å²) < 4.78 is 13.5. The molecule has 0 spiro atoms. The minimum atomic E-state index is -0.491. The number of hydrazine groups is 1. The van der Waals surface area contributed by atoms with Gasteiger partial charge in [-0.2, -0.15) is 0 Å². The van der Waals surface area contributed by atoms with E-state index in [1.165, 1.54) is 12.1 Å². The molecule has 112 valence electrons. The Morgan fingerprint density at radius 2 is 1.90 bits per heavy atom. The Kier molecular flexibility index (Phi) is 4.59. The first-order valence-electron chi connectivity index (χ1n) is 6.49. The van der Waals surface area contributed by atoms with Crippen molar-refractivity contribution in [3.8, 4) is 0 Å². The van der Waals surface area contributed by atoms with Crippen LogP contribution in [-0.4, -0.2) is 9.97 Å². The fraction of sp³-hybridized carbons (Fsp3) is 0.286. The number of nitrogens with one attached hydrogen (secondary N) is 2. The molecule has 0 unspecified atom stereocenters. The number of halogens is 2. The average Bonchev–Trinajstić information content (AvgIpc) is 2.44. The van der Waals surface area contributed by atoms with Gasteiger partial charge < -0.3 is 10.7 Å². The van der Waals surface area contributed by atoms with Gasteiger partial charge in [-0.3, -0.25) is 0 Å². The Morgan fingerprint density at radius 3 is 2.48 bits per heavy atom. The summed E-state index contributed by atoms with van der Waals surface area (Å²) in [4.78, 5) is 8.80. The van der Waals surface area contributed by atoms with Crippen LogP contribution < -0.4 is 16.6 Å². The molecule has 1 heterocycles. The molecular formula is C14H17ClFN5. The van der Waals surface area contributed by atoms with Crippen LogP contribution in [0.1, 0.15) is 31.2 Å². The zero-order chi connectivity index (χ0) is 15.6. The second kappa shape index (κ2) is 6.24. The van der Waals surface area contributed by atoms with Crippen LogP contribution in [0.3, 0.4) is 0 Å². The monoisotopic (exact) mass is 309 g/mol. The van der Waals surface area contributed by atoms with E-state index >= 15 is 0 Å². The summed E-state index contributed by atoms with van der Waals surface area (Å²) in [5, 5.41) is 3.14. The first-order chi connectivity index (χ1) is 9.92. The van der Waals surface area contributed by atoms with Crippen molar-refractivity contribution in [3.05, 3.63) is 40.4 Å². The van der Waals surface area contributed by atoms with E-state index in [4.69, 9.17) is 17.4 Å². The lowest BCUT2D eigenvalue weighted by Gasteiger charge is -2.15. The van der Waals surface area contributed by atoms with Crippen LogP contribution in [0.4, 0.5) is 21.7 Å². The molecule has 0 saturated carbocycles. The molecule has 0 aliphatic heterocycles. The van der Waals surface area contributed by atoms with Gasteiger partial charge in [-0.25, -0.2) is 20.2 Å². The van der Waals surface area contributed by atoms with Crippen molar-refractivity contribution in [2.24, 2.45) is 5.84 Å². The Hall–Kier alpha value is -1.92. The highest BCUT2D eigenvalue weighted by Crippen LogP contribution is 2.27. The molecule has 0 aliphatic rings. The molecule has 0 saturated heterocycles. The Bertz CT molecular complexity index is 660. The van der Waals surface area contributed by atoms with Crippen LogP contribution in [0, 0.1) is 12.7 Å². The predicted octanol–water partition coefficient (Wildman–Crippen LogP) is 3.73. The maximum absolute atomic E-state index is 13.5. The molecule has 0 amide bonds. The largest absolute Gasteiger partial charge is 0.340 e. The van der Waals surface area contributed by atoms with Gasteiger partial charge in [0.15, 0.2) is 0 Å². The Balaban J connectivity index is 2.42.